The first kappa shape index (κ1) is 19.5. The maximum atomic E-state index is 12.7. The van der Waals surface area contributed by atoms with Crippen LogP contribution in [-0.4, -0.2) is 37.9 Å². The van der Waals surface area contributed by atoms with Crippen molar-refractivity contribution in [3.8, 4) is 0 Å². The molecule has 1 aliphatic heterocycles. The lowest BCUT2D eigenvalue weighted by Crippen LogP contribution is -2.35. The molecule has 0 aromatic heterocycles. The quantitative estimate of drug-likeness (QED) is 0.612. The van der Waals surface area contributed by atoms with E-state index < -0.39 is 15.9 Å². The Morgan fingerprint density at radius 1 is 1.07 bits per heavy atom. The summed E-state index contributed by atoms with van der Waals surface area (Å²) in [6.45, 7) is 1.04. The Morgan fingerprint density at radius 3 is 2.48 bits per heavy atom. The fraction of sp³-hybridized carbons (Fsp3) is 0.263. The van der Waals surface area contributed by atoms with Crippen LogP contribution in [0.4, 0.5) is 0 Å². The van der Waals surface area contributed by atoms with Crippen LogP contribution < -0.4 is 5.43 Å². The molecule has 0 aliphatic carbocycles. The van der Waals surface area contributed by atoms with E-state index in [0.29, 0.717) is 18.1 Å². The molecule has 0 saturated carbocycles. The zero-order chi connectivity index (χ0) is 19.3. The van der Waals surface area contributed by atoms with E-state index in [4.69, 9.17) is 11.6 Å². The van der Waals surface area contributed by atoms with Crippen molar-refractivity contribution in [2.24, 2.45) is 5.10 Å². The van der Waals surface area contributed by atoms with Crippen LogP contribution >= 0.6 is 11.6 Å². The standard InChI is InChI=1S/C19H20ClN3O3S/c20-17-9-7-15(8-10-17)14-21-22-19(24)16-5-4-6-18(13-16)27(25,26)23-11-2-1-3-12-23/h4-10,13-14H,1-3,11-12H2,(H,22,24)/b21-14+. The van der Waals surface area contributed by atoms with E-state index in [1.54, 1.807) is 36.4 Å². The Hall–Kier alpha value is -2.22. The highest BCUT2D eigenvalue weighted by molar-refractivity contribution is 7.89. The topological polar surface area (TPSA) is 78.8 Å². The van der Waals surface area contributed by atoms with Gasteiger partial charge in [-0.15, -0.1) is 0 Å². The van der Waals surface area contributed by atoms with Gasteiger partial charge in [0.1, 0.15) is 0 Å². The van der Waals surface area contributed by atoms with Gasteiger partial charge >= 0.3 is 0 Å². The van der Waals surface area contributed by atoms with Crippen molar-refractivity contribution >= 4 is 33.7 Å². The predicted molar refractivity (Wildman–Crippen MR) is 106 cm³/mol. The molecule has 1 fully saturated rings. The number of piperidine rings is 1. The van der Waals surface area contributed by atoms with Crippen molar-refractivity contribution in [1.29, 1.82) is 0 Å². The SMILES string of the molecule is O=C(N/N=C/c1ccc(Cl)cc1)c1cccc(S(=O)(=O)N2CCCCC2)c1. The molecule has 2 aromatic rings. The van der Waals surface area contributed by atoms with Crippen LogP contribution in [0.3, 0.4) is 0 Å². The van der Waals surface area contributed by atoms with E-state index >= 15 is 0 Å². The summed E-state index contributed by atoms with van der Waals surface area (Å²) in [6.07, 6.45) is 4.25. The second-order valence-electron chi connectivity index (χ2n) is 6.24. The molecule has 27 heavy (non-hydrogen) atoms. The van der Waals surface area contributed by atoms with Crippen molar-refractivity contribution in [2.75, 3.05) is 13.1 Å². The Bertz CT molecular complexity index is 937. The maximum absolute atomic E-state index is 12.7. The molecule has 0 spiro atoms. The van der Waals surface area contributed by atoms with Crippen LogP contribution in [0.15, 0.2) is 58.5 Å². The molecule has 1 amide bonds. The molecular weight excluding hydrogens is 386 g/mol. The number of hydrogen-bond donors (Lipinski definition) is 1. The van der Waals surface area contributed by atoms with Gasteiger partial charge in [-0.3, -0.25) is 4.79 Å². The van der Waals surface area contributed by atoms with Gasteiger partial charge in [-0.05, 0) is 48.7 Å². The average Bonchev–Trinajstić information content (AvgIpc) is 2.70. The highest BCUT2D eigenvalue weighted by Crippen LogP contribution is 2.21. The molecular formula is C19H20ClN3O3S. The van der Waals surface area contributed by atoms with Crippen molar-refractivity contribution in [1.82, 2.24) is 9.73 Å². The number of rotatable bonds is 5. The molecule has 0 radical (unpaired) electrons. The highest BCUT2D eigenvalue weighted by atomic mass is 35.5. The minimum absolute atomic E-state index is 0.124. The number of amides is 1. The number of hydrogen-bond acceptors (Lipinski definition) is 4. The number of carbonyl (C=O) groups excluding carboxylic acids is 1. The van der Waals surface area contributed by atoms with E-state index in [-0.39, 0.29) is 10.5 Å². The lowest BCUT2D eigenvalue weighted by molar-refractivity contribution is 0.0955. The Kier molecular flexibility index (Phi) is 6.26. The van der Waals surface area contributed by atoms with Gasteiger partial charge in [0, 0.05) is 23.7 Å². The number of halogens is 1. The molecule has 0 unspecified atom stereocenters. The lowest BCUT2D eigenvalue weighted by Gasteiger charge is -2.25. The number of benzene rings is 2. The van der Waals surface area contributed by atoms with Crippen molar-refractivity contribution in [3.63, 3.8) is 0 Å². The van der Waals surface area contributed by atoms with E-state index in [1.807, 2.05) is 0 Å². The Balaban J connectivity index is 1.70. The molecule has 2 aromatic carbocycles. The van der Waals surface area contributed by atoms with Crippen molar-refractivity contribution in [3.05, 3.63) is 64.7 Å². The molecule has 8 heteroatoms. The van der Waals surface area contributed by atoms with Crippen LogP contribution in [-0.2, 0) is 10.0 Å². The second kappa shape index (κ2) is 8.65. The molecule has 1 saturated heterocycles. The van der Waals surface area contributed by atoms with Gasteiger partial charge in [-0.1, -0.05) is 36.2 Å². The van der Waals surface area contributed by atoms with Gasteiger partial charge in [0.2, 0.25) is 10.0 Å². The largest absolute Gasteiger partial charge is 0.271 e. The van der Waals surface area contributed by atoms with Gasteiger partial charge in [0.05, 0.1) is 11.1 Å². The molecule has 142 valence electrons. The van der Waals surface area contributed by atoms with Crippen LogP contribution in [0.5, 0.6) is 0 Å². The minimum Gasteiger partial charge on any atom is -0.267 e. The summed E-state index contributed by atoms with van der Waals surface area (Å²) in [4.78, 5) is 12.4. The second-order valence-corrected chi connectivity index (χ2v) is 8.62. The van der Waals surface area contributed by atoms with Gasteiger partial charge in [0.15, 0.2) is 0 Å². The normalized spacial score (nSPS) is 15.7. The van der Waals surface area contributed by atoms with Crippen LogP contribution in [0.25, 0.3) is 0 Å². The van der Waals surface area contributed by atoms with Crippen molar-refractivity contribution < 1.29 is 13.2 Å². The van der Waals surface area contributed by atoms with Gasteiger partial charge in [-0.25, -0.2) is 13.8 Å². The zero-order valence-electron chi connectivity index (χ0n) is 14.6. The first-order valence-corrected chi connectivity index (χ1v) is 10.5. The molecule has 0 atom stereocenters. The minimum atomic E-state index is -3.58. The number of nitrogens with zero attached hydrogens (tertiary/aromatic N) is 2. The van der Waals surface area contributed by atoms with E-state index in [0.717, 1.165) is 24.8 Å². The lowest BCUT2D eigenvalue weighted by atomic mass is 10.2. The maximum Gasteiger partial charge on any atom is 0.271 e. The number of sulfonamides is 1. The summed E-state index contributed by atoms with van der Waals surface area (Å²) in [5, 5.41) is 4.52. The fourth-order valence-electron chi connectivity index (χ4n) is 2.83. The van der Waals surface area contributed by atoms with Crippen LogP contribution in [0, 0.1) is 0 Å². The van der Waals surface area contributed by atoms with Gasteiger partial charge in [0.25, 0.3) is 5.91 Å². The summed E-state index contributed by atoms with van der Waals surface area (Å²) in [5.74, 6) is -0.476. The van der Waals surface area contributed by atoms with E-state index in [2.05, 4.69) is 10.5 Å². The summed E-state index contributed by atoms with van der Waals surface area (Å²) in [5.41, 5.74) is 3.43. The van der Waals surface area contributed by atoms with Crippen molar-refractivity contribution in [2.45, 2.75) is 24.2 Å². The third-order valence-corrected chi connectivity index (χ3v) is 6.45. The zero-order valence-corrected chi connectivity index (χ0v) is 16.2. The smallest absolute Gasteiger partial charge is 0.267 e. The number of nitrogens with one attached hydrogen (secondary N) is 1. The predicted octanol–water partition coefficient (Wildman–Crippen LogP) is 3.28. The molecule has 6 nitrogen and oxygen atoms in total. The molecule has 3 rings (SSSR count). The third-order valence-electron chi connectivity index (χ3n) is 4.30. The summed E-state index contributed by atoms with van der Waals surface area (Å²) < 4.78 is 27.0. The molecule has 0 bridgehead atoms. The third kappa shape index (κ3) is 4.94. The Labute approximate surface area is 163 Å². The van der Waals surface area contributed by atoms with Gasteiger partial charge in [-0.2, -0.15) is 9.41 Å². The number of carbonyl (C=O) groups is 1. The van der Waals surface area contributed by atoms with Crippen LogP contribution in [0.2, 0.25) is 5.02 Å². The van der Waals surface area contributed by atoms with E-state index in [9.17, 15) is 13.2 Å². The fourth-order valence-corrected chi connectivity index (χ4v) is 4.52. The van der Waals surface area contributed by atoms with E-state index in [1.165, 1.54) is 22.7 Å². The molecule has 1 heterocycles. The van der Waals surface area contributed by atoms with Crippen LogP contribution in [0.1, 0.15) is 35.2 Å². The summed E-state index contributed by atoms with van der Waals surface area (Å²) >= 11 is 5.82. The average molecular weight is 406 g/mol. The summed E-state index contributed by atoms with van der Waals surface area (Å²) in [7, 11) is -3.58. The first-order chi connectivity index (χ1) is 13.0. The molecule has 1 N–H and O–H groups in total. The summed E-state index contributed by atoms with van der Waals surface area (Å²) in [6, 6.07) is 13.0. The van der Waals surface area contributed by atoms with Gasteiger partial charge < -0.3 is 0 Å². The Morgan fingerprint density at radius 2 is 1.78 bits per heavy atom. The number of hydrazone groups is 1. The highest BCUT2D eigenvalue weighted by Gasteiger charge is 2.26. The molecule has 1 aliphatic rings. The first-order valence-electron chi connectivity index (χ1n) is 8.66. The monoisotopic (exact) mass is 405 g/mol.